The molecule has 3 atom stereocenters. The van der Waals surface area contributed by atoms with E-state index < -0.39 is 5.54 Å². The van der Waals surface area contributed by atoms with E-state index in [-0.39, 0.29) is 5.97 Å². The molecule has 0 aliphatic heterocycles. The van der Waals surface area contributed by atoms with Crippen molar-refractivity contribution in [3.05, 3.63) is 0 Å². The zero-order valence-corrected chi connectivity index (χ0v) is 14.6. The van der Waals surface area contributed by atoms with Gasteiger partial charge in [-0.25, -0.2) is 0 Å². The number of carbonyl (C=O) groups is 1. The molecule has 1 aliphatic rings. The SMILES string of the molecule is CNC(C)(CCCCN(C)C1CCCC(C)C1)C(=O)OC. The summed E-state index contributed by atoms with van der Waals surface area (Å²) in [6.07, 6.45) is 8.45. The Balaban J connectivity index is 2.28. The van der Waals surface area contributed by atoms with Crippen molar-refractivity contribution < 1.29 is 9.53 Å². The molecule has 1 rings (SSSR count). The molecule has 1 N–H and O–H groups in total. The van der Waals surface area contributed by atoms with Crippen LogP contribution in [0.1, 0.15) is 58.8 Å². The third-order valence-corrected chi connectivity index (χ3v) is 5.16. The van der Waals surface area contributed by atoms with Gasteiger partial charge in [0.05, 0.1) is 7.11 Å². The summed E-state index contributed by atoms with van der Waals surface area (Å²) in [4.78, 5) is 14.3. The summed E-state index contributed by atoms with van der Waals surface area (Å²) >= 11 is 0. The highest BCUT2D eigenvalue weighted by atomic mass is 16.5. The van der Waals surface area contributed by atoms with Crippen LogP contribution in [-0.2, 0) is 9.53 Å². The molecule has 0 radical (unpaired) electrons. The molecule has 21 heavy (non-hydrogen) atoms. The lowest BCUT2D eigenvalue weighted by molar-refractivity contribution is -0.148. The van der Waals surface area contributed by atoms with Gasteiger partial charge in [0.1, 0.15) is 5.54 Å². The van der Waals surface area contributed by atoms with Crippen LogP contribution in [0.25, 0.3) is 0 Å². The van der Waals surface area contributed by atoms with Crippen LogP contribution in [0.4, 0.5) is 0 Å². The summed E-state index contributed by atoms with van der Waals surface area (Å²) in [5.41, 5.74) is -0.549. The van der Waals surface area contributed by atoms with Crippen molar-refractivity contribution in [1.82, 2.24) is 10.2 Å². The smallest absolute Gasteiger partial charge is 0.325 e. The van der Waals surface area contributed by atoms with Crippen molar-refractivity contribution in [3.63, 3.8) is 0 Å². The zero-order chi connectivity index (χ0) is 15.9. The fourth-order valence-corrected chi connectivity index (χ4v) is 3.38. The van der Waals surface area contributed by atoms with Crippen molar-refractivity contribution in [2.75, 3.05) is 27.7 Å². The highest BCUT2D eigenvalue weighted by molar-refractivity contribution is 5.80. The Bertz CT molecular complexity index is 322. The van der Waals surface area contributed by atoms with E-state index in [1.54, 1.807) is 0 Å². The number of methoxy groups -OCH3 is 1. The van der Waals surface area contributed by atoms with Gasteiger partial charge >= 0.3 is 5.97 Å². The van der Waals surface area contributed by atoms with Gasteiger partial charge in [-0.05, 0) is 65.6 Å². The summed E-state index contributed by atoms with van der Waals surface area (Å²) in [5, 5.41) is 3.10. The molecule has 0 aromatic carbocycles. The first-order valence-electron chi connectivity index (χ1n) is 8.40. The average molecular weight is 298 g/mol. The molecule has 0 saturated heterocycles. The van der Waals surface area contributed by atoms with E-state index in [2.05, 4.69) is 24.2 Å². The van der Waals surface area contributed by atoms with Crippen LogP contribution in [0.3, 0.4) is 0 Å². The first kappa shape index (κ1) is 18.4. The second-order valence-electron chi connectivity index (χ2n) is 6.94. The van der Waals surface area contributed by atoms with Gasteiger partial charge in [0.15, 0.2) is 0 Å². The minimum Gasteiger partial charge on any atom is -0.468 e. The van der Waals surface area contributed by atoms with Gasteiger partial charge in [-0.3, -0.25) is 4.79 Å². The molecule has 0 aromatic heterocycles. The first-order chi connectivity index (χ1) is 9.92. The molecule has 4 heteroatoms. The molecule has 0 bridgehead atoms. The van der Waals surface area contributed by atoms with Crippen molar-refractivity contribution >= 4 is 5.97 Å². The van der Waals surface area contributed by atoms with Gasteiger partial charge in [0, 0.05) is 6.04 Å². The molecule has 3 unspecified atom stereocenters. The quantitative estimate of drug-likeness (QED) is 0.553. The number of likely N-dealkylation sites (N-methyl/N-ethyl adjacent to an activating group) is 1. The van der Waals surface area contributed by atoms with E-state index in [0.29, 0.717) is 0 Å². The summed E-state index contributed by atoms with van der Waals surface area (Å²) < 4.78 is 4.88. The number of esters is 1. The Morgan fingerprint density at radius 3 is 2.67 bits per heavy atom. The second-order valence-corrected chi connectivity index (χ2v) is 6.94. The van der Waals surface area contributed by atoms with Gasteiger partial charge in [-0.1, -0.05) is 19.8 Å². The van der Waals surface area contributed by atoms with Crippen LogP contribution >= 0.6 is 0 Å². The molecule has 1 fully saturated rings. The fourth-order valence-electron chi connectivity index (χ4n) is 3.38. The molecule has 0 heterocycles. The van der Waals surface area contributed by atoms with Gasteiger partial charge in [-0.15, -0.1) is 0 Å². The van der Waals surface area contributed by atoms with E-state index in [9.17, 15) is 4.79 Å². The van der Waals surface area contributed by atoms with Crippen LogP contribution in [-0.4, -0.2) is 50.2 Å². The number of unbranched alkanes of at least 4 members (excludes halogenated alkanes) is 1. The number of nitrogens with one attached hydrogen (secondary N) is 1. The van der Waals surface area contributed by atoms with E-state index in [0.717, 1.165) is 37.8 Å². The van der Waals surface area contributed by atoms with Gasteiger partial charge in [0.2, 0.25) is 0 Å². The Morgan fingerprint density at radius 2 is 2.10 bits per heavy atom. The fraction of sp³-hybridized carbons (Fsp3) is 0.941. The monoisotopic (exact) mass is 298 g/mol. The molecule has 0 spiro atoms. The summed E-state index contributed by atoms with van der Waals surface area (Å²) in [7, 11) is 5.53. The lowest BCUT2D eigenvalue weighted by Gasteiger charge is -2.34. The van der Waals surface area contributed by atoms with Crippen molar-refractivity contribution in [1.29, 1.82) is 0 Å². The standard InChI is InChI=1S/C17H34N2O2/c1-14-9-8-10-15(13-14)19(4)12-7-6-11-17(2,18-3)16(20)21-5/h14-15,18H,6-13H2,1-5H3. The molecule has 1 aliphatic carbocycles. The van der Waals surface area contributed by atoms with E-state index >= 15 is 0 Å². The van der Waals surface area contributed by atoms with Crippen molar-refractivity contribution in [2.24, 2.45) is 5.92 Å². The number of hydrogen-bond acceptors (Lipinski definition) is 4. The van der Waals surface area contributed by atoms with Crippen molar-refractivity contribution in [3.8, 4) is 0 Å². The number of hydrogen-bond donors (Lipinski definition) is 1. The second kappa shape index (κ2) is 8.74. The average Bonchev–Trinajstić information content (AvgIpc) is 2.50. The van der Waals surface area contributed by atoms with E-state index in [1.807, 2.05) is 14.0 Å². The van der Waals surface area contributed by atoms with E-state index in [4.69, 9.17) is 4.74 Å². The lowest BCUT2D eigenvalue weighted by atomic mass is 9.86. The van der Waals surface area contributed by atoms with Crippen molar-refractivity contribution in [2.45, 2.75) is 70.4 Å². The number of nitrogens with zero attached hydrogens (tertiary/aromatic N) is 1. The normalized spacial score (nSPS) is 25.6. The first-order valence-corrected chi connectivity index (χ1v) is 8.40. The molecule has 1 saturated carbocycles. The third kappa shape index (κ3) is 5.59. The van der Waals surface area contributed by atoms with Gasteiger partial charge < -0.3 is 15.0 Å². The predicted molar refractivity (Wildman–Crippen MR) is 87.4 cm³/mol. The Morgan fingerprint density at radius 1 is 1.38 bits per heavy atom. The number of rotatable bonds is 8. The highest BCUT2D eigenvalue weighted by Gasteiger charge is 2.31. The maximum absolute atomic E-state index is 11.8. The predicted octanol–water partition coefficient (Wildman–Crippen LogP) is 2.82. The molecule has 124 valence electrons. The molecule has 0 amide bonds. The van der Waals surface area contributed by atoms with Crippen LogP contribution in [0, 0.1) is 5.92 Å². The van der Waals surface area contributed by atoms with E-state index in [1.165, 1.54) is 32.8 Å². The lowest BCUT2D eigenvalue weighted by Crippen LogP contribution is -2.48. The topological polar surface area (TPSA) is 41.6 Å². The summed E-state index contributed by atoms with van der Waals surface area (Å²) in [6, 6.07) is 0.755. The maximum atomic E-state index is 11.8. The van der Waals surface area contributed by atoms with Crippen LogP contribution in [0.15, 0.2) is 0 Å². The summed E-state index contributed by atoms with van der Waals surface area (Å²) in [5.74, 6) is 0.706. The highest BCUT2D eigenvalue weighted by Crippen LogP contribution is 2.27. The minimum absolute atomic E-state index is 0.167. The molecule has 4 nitrogen and oxygen atoms in total. The Labute approximate surface area is 130 Å². The third-order valence-electron chi connectivity index (χ3n) is 5.16. The van der Waals surface area contributed by atoms with Crippen LogP contribution in [0.2, 0.25) is 0 Å². The Hall–Kier alpha value is -0.610. The van der Waals surface area contributed by atoms with Crippen LogP contribution in [0.5, 0.6) is 0 Å². The maximum Gasteiger partial charge on any atom is 0.325 e. The largest absolute Gasteiger partial charge is 0.468 e. The molecule has 0 aromatic rings. The van der Waals surface area contributed by atoms with Gasteiger partial charge in [-0.2, -0.15) is 0 Å². The number of ether oxygens (including phenoxy) is 1. The minimum atomic E-state index is -0.549. The zero-order valence-electron chi connectivity index (χ0n) is 14.6. The number of carbonyl (C=O) groups excluding carboxylic acids is 1. The Kier molecular flexibility index (Phi) is 7.67. The van der Waals surface area contributed by atoms with Crippen LogP contribution < -0.4 is 5.32 Å². The van der Waals surface area contributed by atoms with Gasteiger partial charge in [0.25, 0.3) is 0 Å². The molecular formula is C17H34N2O2. The summed E-state index contributed by atoms with van der Waals surface area (Å²) in [6.45, 7) is 5.42. The molecular weight excluding hydrogens is 264 g/mol.